The van der Waals surface area contributed by atoms with E-state index in [-0.39, 0.29) is 12.5 Å². The van der Waals surface area contributed by atoms with Gasteiger partial charge in [-0.15, -0.1) is 11.3 Å². The van der Waals surface area contributed by atoms with Crippen molar-refractivity contribution in [3.05, 3.63) is 16.0 Å². The Bertz CT molecular complexity index is 510. The molecule has 2 rings (SSSR count). The third-order valence-corrected chi connectivity index (χ3v) is 4.38. The minimum atomic E-state index is -0.279. The van der Waals surface area contributed by atoms with Crippen molar-refractivity contribution in [2.45, 2.75) is 27.3 Å². The van der Waals surface area contributed by atoms with E-state index in [4.69, 9.17) is 16.3 Å². The number of aryl methyl sites for hydroxylation is 1. The van der Waals surface area contributed by atoms with Gasteiger partial charge in [-0.05, 0) is 37.9 Å². The van der Waals surface area contributed by atoms with E-state index in [1.165, 1.54) is 10.4 Å². The Morgan fingerprint density at radius 3 is 2.94 bits per heavy atom. The number of rotatable bonds is 3. The second kappa shape index (κ2) is 5.28. The first-order valence-electron chi connectivity index (χ1n) is 5.76. The molecule has 0 bridgehead atoms. The van der Waals surface area contributed by atoms with Gasteiger partial charge in [-0.2, -0.15) is 0 Å². The Hall–Kier alpha value is -1.07. The number of thiophene rings is 1. The monoisotopic (exact) mass is 286 g/mol. The molecular weight excluding hydrogens is 272 g/mol. The number of halogens is 1. The summed E-state index contributed by atoms with van der Waals surface area (Å²) in [6.45, 7) is 7.06. The minimum absolute atomic E-state index is 0.143. The number of carbonyl (C=O) groups excluding carboxylic acids is 1. The van der Waals surface area contributed by atoms with E-state index in [1.807, 2.05) is 0 Å². The molecule has 1 aromatic heterocycles. The van der Waals surface area contributed by atoms with E-state index < -0.39 is 0 Å². The summed E-state index contributed by atoms with van der Waals surface area (Å²) >= 11 is 7.73. The summed E-state index contributed by atoms with van der Waals surface area (Å²) in [5.74, 6) is -0.279. The van der Waals surface area contributed by atoms with Crippen molar-refractivity contribution in [1.82, 2.24) is 4.90 Å². The molecule has 1 aliphatic rings. The fourth-order valence-corrected chi connectivity index (χ4v) is 3.12. The first-order chi connectivity index (χ1) is 8.52. The zero-order chi connectivity index (χ0) is 13.3. The highest BCUT2D eigenvalue weighted by molar-refractivity contribution is 7.16. The molecule has 18 heavy (non-hydrogen) atoms. The average molecular weight is 287 g/mol. The number of carbonyl (C=O) groups is 1. The van der Waals surface area contributed by atoms with Crippen molar-refractivity contribution in [3.63, 3.8) is 0 Å². The number of amidine groups is 1. The topological polar surface area (TPSA) is 41.9 Å². The molecule has 4 nitrogen and oxygen atoms in total. The maximum absolute atomic E-state index is 11.5. The molecule has 0 saturated carbocycles. The number of ether oxygens (including phenoxy) is 1. The lowest BCUT2D eigenvalue weighted by molar-refractivity contribution is -0.143. The van der Waals surface area contributed by atoms with Crippen LogP contribution in [0.4, 0.5) is 5.00 Å². The summed E-state index contributed by atoms with van der Waals surface area (Å²) in [7, 11) is 0. The fourth-order valence-electron chi connectivity index (χ4n) is 1.83. The van der Waals surface area contributed by atoms with Crippen molar-refractivity contribution in [2.75, 3.05) is 13.2 Å². The van der Waals surface area contributed by atoms with Gasteiger partial charge in [0.15, 0.2) is 0 Å². The SMILES string of the molecule is CCOC(=O)CN1Cc2c(sc(C)c2C)N=C1Cl. The van der Waals surface area contributed by atoms with Crippen LogP contribution in [0.15, 0.2) is 4.99 Å². The van der Waals surface area contributed by atoms with Crippen LogP contribution in [0.1, 0.15) is 22.9 Å². The van der Waals surface area contributed by atoms with Crippen molar-refractivity contribution in [1.29, 1.82) is 0 Å². The van der Waals surface area contributed by atoms with Gasteiger partial charge >= 0.3 is 5.97 Å². The quantitative estimate of drug-likeness (QED) is 0.634. The van der Waals surface area contributed by atoms with Crippen LogP contribution in [0.3, 0.4) is 0 Å². The molecule has 0 radical (unpaired) electrons. The molecule has 6 heteroatoms. The van der Waals surface area contributed by atoms with Crippen LogP contribution in [-0.4, -0.2) is 29.3 Å². The number of hydrogen-bond donors (Lipinski definition) is 0. The maximum Gasteiger partial charge on any atom is 0.325 e. The largest absolute Gasteiger partial charge is 0.465 e. The Balaban J connectivity index is 2.18. The molecule has 0 aliphatic carbocycles. The smallest absolute Gasteiger partial charge is 0.325 e. The summed E-state index contributed by atoms with van der Waals surface area (Å²) in [4.78, 5) is 18.8. The number of fused-ring (bicyclic) bond motifs is 1. The van der Waals surface area contributed by atoms with Crippen molar-refractivity contribution in [2.24, 2.45) is 4.99 Å². The van der Waals surface area contributed by atoms with Gasteiger partial charge < -0.3 is 9.64 Å². The normalized spacial score (nSPS) is 14.2. The summed E-state index contributed by atoms with van der Waals surface area (Å²) in [6, 6.07) is 0. The second-order valence-electron chi connectivity index (χ2n) is 4.11. The van der Waals surface area contributed by atoms with E-state index in [0.29, 0.717) is 18.4 Å². The Morgan fingerprint density at radius 1 is 1.56 bits per heavy atom. The summed E-state index contributed by atoms with van der Waals surface area (Å²) in [5, 5.41) is 1.31. The predicted octanol–water partition coefficient (Wildman–Crippen LogP) is 2.97. The molecule has 2 heterocycles. The molecular formula is C12H15ClN2O2S. The fraction of sp³-hybridized carbons (Fsp3) is 0.500. The van der Waals surface area contributed by atoms with Crippen LogP contribution in [0, 0.1) is 13.8 Å². The highest BCUT2D eigenvalue weighted by Crippen LogP contribution is 2.38. The number of aliphatic imine (C=N–C) groups is 1. The van der Waals surface area contributed by atoms with Gasteiger partial charge in [0.1, 0.15) is 11.5 Å². The number of nitrogens with zero attached hydrogens (tertiary/aromatic N) is 2. The summed E-state index contributed by atoms with van der Waals surface area (Å²) in [5.41, 5.74) is 2.39. The lowest BCUT2D eigenvalue weighted by Crippen LogP contribution is -2.34. The van der Waals surface area contributed by atoms with Crippen molar-refractivity contribution < 1.29 is 9.53 Å². The molecule has 0 unspecified atom stereocenters. The minimum Gasteiger partial charge on any atom is -0.465 e. The van der Waals surface area contributed by atoms with Gasteiger partial charge in [0, 0.05) is 17.0 Å². The Labute approximate surface area is 115 Å². The van der Waals surface area contributed by atoms with Crippen LogP contribution in [-0.2, 0) is 16.1 Å². The Kier molecular flexibility index (Phi) is 3.92. The third-order valence-electron chi connectivity index (χ3n) is 2.92. The van der Waals surface area contributed by atoms with E-state index in [9.17, 15) is 4.79 Å². The van der Waals surface area contributed by atoms with Gasteiger partial charge in [-0.1, -0.05) is 0 Å². The molecule has 0 N–H and O–H groups in total. The first kappa shape index (κ1) is 13.4. The third kappa shape index (κ3) is 2.52. The molecule has 0 atom stereocenters. The molecule has 0 amide bonds. The molecule has 0 aromatic carbocycles. The first-order valence-corrected chi connectivity index (χ1v) is 6.96. The maximum atomic E-state index is 11.5. The van der Waals surface area contributed by atoms with Gasteiger partial charge in [0.25, 0.3) is 0 Å². The number of esters is 1. The highest BCUT2D eigenvalue weighted by Gasteiger charge is 2.24. The van der Waals surface area contributed by atoms with E-state index in [2.05, 4.69) is 18.8 Å². The lowest BCUT2D eigenvalue weighted by atomic mass is 10.1. The molecule has 0 saturated heterocycles. The van der Waals surface area contributed by atoms with Gasteiger partial charge in [-0.3, -0.25) is 4.79 Å². The molecule has 0 spiro atoms. The zero-order valence-electron chi connectivity index (χ0n) is 10.6. The standard InChI is InChI=1S/C12H15ClN2O2S/c1-4-17-10(16)6-15-5-9-7(2)8(3)18-11(9)14-12(15)13/h4-6H2,1-3H3. The van der Waals surface area contributed by atoms with Crippen molar-refractivity contribution in [3.8, 4) is 0 Å². The van der Waals surface area contributed by atoms with Crippen LogP contribution in [0.25, 0.3) is 0 Å². The van der Waals surface area contributed by atoms with Gasteiger partial charge in [0.2, 0.25) is 5.29 Å². The molecule has 0 fully saturated rings. The summed E-state index contributed by atoms with van der Waals surface area (Å²) < 4.78 is 4.92. The highest BCUT2D eigenvalue weighted by atomic mass is 35.5. The average Bonchev–Trinajstić information content (AvgIpc) is 2.56. The Morgan fingerprint density at radius 2 is 2.28 bits per heavy atom. The predicted molar refractivity (Wildman–Crippen MR) is 73.8 cm³/mol. The molecule has 98 valence electrons. The second-order valence-corrected chi connectivity index (χ2v) is 5.65. The van der Waals surface area contributed by atoms with E-state index >= 15 is 0 Å². The molecule has 1 aliphatic heterocycles. The summed E-state index contributed by atoms with van der Waals surface area (Å²) in [6.07, 6.45) is 0. The molecule has 1 aromatic rings. The van der Waals surface area contributed by atoms with Crippen LogP contribution < -0.4 is 0 Å². The van der Waals surface area contributed by atoms with Crippen LogP contribution in [0.2, 0.25) is 0 Å². The van der Waals surface area contributed by atoms with Gasteiger partial charge in [-0.25, -0.2) is 4.99 Å². The van der Waals surface area contributed by atoms with Gasteiger partial charge in [0.05, 0.1) is 6.61 Å². The number of hydrogen-bond acceptors (Lipinski definition) is 5. The van der Waals surface area contributed by atoms with E-state index in [0.717, 1.165) is 10.6 Å². The van der Waals surface area contributed by atoms with Crippen LogP contribution in [0.5, 0.6) is 0 Å². The zero-order valence-corrected chi connectivity index (χ0v) is 12.2. The lowest BCUT2D eigenvalue weighted by Gasteiger charge is -2.25. The van der Waals surface area contributed by atoms with Crippen LogP contribution >= 0.6 is 22.9 Å². The van der Waals surface area contributed by atoms with E-state index in [1.54, 1.807) is 23.2 Å². The van der Waals surface area contributed by atoms with Crippen molar-refractivity contribution >= 4 is 39.2 Å².